The molecule has 0 bridgehead atoms. The Morgan fingerprint density at radius 3 is 1.94 bits per heavy atom. The average molecular weight is 452 g/mol. The molecule has 174 valence electrons. The molecule has 1 unspecified atom stereocenters. The number of hydrogen-bond donors (Lipinski definition) is 0. The van der Waals surface area contributed by atoms with E-state index in [-0.39, 0.29) is 29.0 Å². The number of rotatable bonds is 12. The van der Waals surface area contributed by atoms with E-state index in [4.69, 9.17) is 0 Å². The van der Waals surface area contributed by atoms with Gasteiger partial charge in [0.1, 0.15) is 0 Å². The summed E-state index contributed by atoms with van der Waals surface area (Å²) in [6.07, 6.45) is 3.48. The molecule has 1 atom stereocenters. The van der Waals surface area contributed by atoms with E-state index in [2.05, 4.69) is 0 Å². The number of nitrogens with zero attached hydrogens (tertiary/aromatic N) is 3. The molecule has 0 aromatic heterocycles. The molecule has 0 spiro atoms. The number of hydrogen-bond acceptors (Lipinski definition) is 4. The Morgan fingerprint density at radius 1 is 0.935 bits per heavy atom. The zero-order valence-corrected chi connectivity index (χ0v) is 20.2. The molecule has 0 saturated carbocycles. The normalized spacial score (nSPS) is 16.9. The highest BCUT2D eigenvalue weighted by Crippen LogP contribution is 2.28. The predicted molar refractivity (Wildman–Crippen MR) is 123 cm³/mol. The Kier molecular flexibility index (Phi) is 9.50. The van der Waals surface area contributed by atoms with Crippen LogP contribution in [0.25, 0.3) is 0 Å². The summed E-state index contributed by atoms with van der Waals surface area (Å²) in [5, 5.41) is 0. The fourth-order valence-electron chi connectivity index (χ4n) is 4.05. The second kappa shape index (κ2) is 11.6. The monoisotopic (exact) mass is 451 g/mol. The van der Waals surface area contributed by atoms with E-state index in [1.54, 1.807) is 29.2 Å². The summed E-state index contributed by atoms with van der Waals surface area (Å²) < 4.78 is 27.4. The summed E-state index contributed by atoms with van der Waals surface area (Å²) in [5.74, 6) is -0.410. The highest BCUT2D eigenvalue weighted by Gasteiger charge is 2.37. The van der Waals surface area contributed by atoms with Crippen LogP contribution in [0.4, 0.5) is 5.69 Å². The van der Waals surface area contributed by atoms with Crippen LogP contribution in [0, 0.1) is 5.92 Å². The van der Waals surface area contributed by atoms with Crippen LogP contribution in [0.5, 0.6) is 0 Å². The average Bonchev–Trinajstić information content (AvgIpc) is 3.14. The van der Waals surface area contributed by atoms with Crippen LogP contribution in [0.3, 0.4) is 0 Å². The lowest BCUT2D eigenvalue weighted by Crippen LogP contribution is -2.38. The van der Waals surface area contributed by atoms with Gasteiger partial charge in [0.2, 0.25) is 21.8 Å². The summed E-state index contributed by atoms with van der Waals surface area (Å²) in [5.41, 5.74) is 0.634. The summed E-state index contributed by atoms with van der Waals surface area (Å²) in [6.45, 7) is 10.7. The molecule has 2 amide bonds. The first-order chi connectivity index (χ1) is 14.8. The van der Waals surface area contributed by atoms with Gasteiger partial charge in [0, 0.05) is 44.8 Å². The maximum atomic E-state index is 12.9. The maximum absolute atomic E-state index is 12.9. The van der Waals surface area contributed by atoms with Gasteiger partial charge in [0.25, 0.3) is 0 Å². The lowest BCUT2D eigenvalue weighted by atomic mass is 10.1. The number of anilines is 1. The Morgan fingerprint density at radius 2 is 1.45 bits per heavy atom. The van der Waals surface area contributed by atoms with Gasteiger partial charge >= 0.3 is 0 Å². The highest BCUT2D eigenvalue weighted by molar-refractivity contribution is 7.89. The molecular formula is C23H37N3O4S. The molecular weight excluding hydrogens is 414 g/mol. The van der Waals surface area contributed by atoms with Crippen molar-refractivity contribution in [1.82, 2.24) is 9.21 Å². The van der Waals surface area contributed by atoms with E-state index in [1.165, 1.54) is 4.31 Å². The highest BCUT2D eigenvalue weighted by atomic mass is 32.2. The van der Waals surface area contributed by atoms with Crippen molar-refractivity contribution < 1.29 is 18.0 Å². The van der Waals surface area contributed by atoms with Gasteiger partial charge in [-0.3, -0.25) is 9.59 Å². The van der Waals surface area contributed by atoms with E-state index in [0.717, 1.165) is 25.7 Å². The third-order valence-electron chi connectivity index (χ3n) is 5.51. The largest absolute Gasteiger partial charge is 0.342 e. The van der Waals surface area contributed by atoms with Crippen molar-refractivity contribution in [2.75, 3.05) is 37.6 Å². The van der Waals surface area contributed by atoms with Crippen LogP contribution in [0.2, 0.25) is 0 Å². The quantitative estimate of drug-likeness (QED) is 0.487. The minimum atomic E-state index is -3.56. The molecule has 0 radical (unpaired) electrons. The smallest absolute Gasteiger partial charge is 0.243 e. The van der Waals surface area contributed by atoms with E-state index in [1.807, 2.05) is 32.6 Å². The van der Waals surface area contributed by atoms with Crippen molar-refractivity contribution in [2.45, 2.75) is 64.7 Å². The molecule has 1 aromatic carbocycles. The molecule has 31 heavy (non-hydrogen) atoms. The molecule has 1 fully saturated rings. The molecule has 1 saturated heterocycles. The van der Waals surface area contributed by atoms with Crippen molar-refractivity contribution in [2.24, 2.45) is 5.92 Å². The van der Waals surface area contributed by atoms with Gasteiger partial charge in [-0.25, -0.2) is 8.42 Å². The Hall–Kier alpha value is -1.93. The number of amides is 2. The Labute approximate surface area is 187 Å². The molecule has 0 aliphatic carbocycles. The van der Waals surface area contributed by atoms with E-state index >= 15 is 0 Å². The molecule has 0 N–H and O–H groups in total. The lowest BCUT2D eigenvalue weighted by molar-refractivity contribution is -0.135. The van der Waals surface area contributed by atoms with Gasteiger partial charge in [-0.2, -0.15) is 4.31 Å². The molecule has 1 aliphatic rings. The van der Waals surface area contributed by atoms with Gasteiger partial charge in [-0.05, 0) is 49.9 Å². The fourth-order valence-corrected chi connectivity index (χ4v) is 5.67. The zero-order chi connectivity index (χ0) is 23.0. The van der Waals surface area contributed by atoms with Crippen LogP contribution >= 0.6 is 0 Å². The minimum absolute atomic E-state index is 0.0357. The van der Waals surface area contributed by atoms with Gasteiger partial charge < -0.3 is 9.80 Å². The molecule has 2 rings (SSSR count). The van der Waals surface area contributed by atoms with Crippen molar-refractivity contribution in [3.05, 3.63) is 24.3 Å². The van der Waals surface area contributed by atoms with Crippen molar-refractivity contribution in [1.29, 1.82) is 0 Å². The van der Waals surface area contributed by atoms with Gasteiger partial charge in [0.05, 0.1) is 10.8 Å². The first-order valence-electron chi connectivity index (χ1n) is 11.5. The summed E-state index contributed by atoms with van der Waals surface area (Å²) >= 11 is 0. The van der Waals surface area contributed by atoms with Gasteiger partial charge in [0.15, 0.2) is 0 Å². The summed E-state index contributed by atoms with van der Waals surface area (Å²) in [6, 6.07) is 6.46. The number of benzene rings is 1. The third-order valence-corrected chi connectivity index (χ3v) is 7.42. The van der Waals surface area contributed by atoms with Crippen LogP contribution in [-0.2, 0) is 19.6 Å². The van der Waals surface area contributed by atoms with Crippen LogP contribution in [0.15, 0.2) is 29.2 Å². The Bertz CT molecular complexity index is 827. The van der Waals surface area contributed by atoms with Crippen molar-refractivity contribution in [3.8, 4) is 0 Å². The first-order valence-corrected chi connectivity index (χ1v) is 12.9. The standard InChI is InChI=1S/C23H37N3O4S/c1-5-13-24(14-6-2)23(28)19-17-22(27)26(18-19)20-9-11-21(12-10-20)31(29,30)25(15-7-3)16-8-4/h9-12,19H,5-8,13-18H2,1-4H3. The summed E-state index contributed by atoms with van der Waals surface area (Å²) in [7, 11) is -3.56. The third kappa shape index (κ3) is 6.07. The van der Waals surface area contributed by atoms with Crippen molar-refractivity contribution >= 4 is 27.5 Å². The number of carbonyl (C=O) groups is 2. The molecule has 1 heterocycles. The SMILES string of the molecule is CCCN(CCC)C(=O)C1CC(=O)N(c2ccc(S(=O)(=O)N(CCC)CCC)cc2)C1. The molecule has 1 aromatic rings. The van der Waals surface area contributed by atoms with E-state index in [0.29, 0.717) is 38.4 Å². The fraction of sp³-hybridized carbons (Fsp3) is 0.652. The van der Waals surface area contributed by atoms with Crippen LogP contribution < -0.4 is 4.90 Å². The molecule has 1 aliphatic heterocycles. The van der Waals surface area contributed by atoms with Crippen molar-refractivity contribution in [3.63, 3.8) is 0 Å². The van der Waals surface area contributed by atoms with Gasteiger partial charge in [-0.15, -0.1) is 0 Å². The van der Waals surface area contributed by atoms with E-state index < -0.39 is 10.0 Å². The van der Waals surface area contributed by atoms with Crippen LogP contribution in [0.1, 0.15) is 59.8 Å². The number of sulfonamides is 1. The molecule has 7 nitrogen and oxygen atoms in total. The number of carbonyl (C=O) groups excluding carboxylic acids is 2. The lowest BCUT2D eigenvalue weighted by Gasteiger charge is -2.25. The maximum Gasteiger partial charge on any atom is 0.243 e. The second-order valence-electron chi connectivity index (χ2n) is 8.13. The topological polar surface area (TPSA) is 78.0 Å². The zero-order valence-electron chi connectivity index (χ0n) is 19.3. The van der Waals surface area contributed by atoms with E-state index in [9.17, 15) is 18.0 Å². The summed E-state index contributed by atoms with van der Waals surface area (Å²) in [4.78, 5) is 29.2. The Balaban J connectivity index is 2.15. The minimum Gasteiger partial charge on any atom is -0.342 e. The van der Waals surface area contributed by atoms with Gasteiger partial charge in [-0.1, -0.05) is 27.7 Å². The van der Waals surface area contributed by atoms with Crippen LogP contribution in [-0.4, -0.2) is 62.2 Å². The second-order valence-corrected chi connectivity index (χ2v) is 10.1. The predicted octanol–water partition coefficient (Wildman–Crippen LogP) is 3.50. The molecule has 8 heteroatoms. The first kappa shape index (κ1) is 25.3.